The summed E-state index contributed by atoms with van der Waals surface area (Å²) in [5.74, 6) is -0.164. The van der Waals surface area contributed by atoms with Crippen LogP contribution >= 0.6 is 0 Å². The summed E-state index contributed by atoms with van der Waals surface area (Å²) in [6.45, 7) is 3.71. The molecule has 2 aromatic carbocycles. The van der Waals surface area contributed by atoms with Crippen molar-refractivity contribution in [2.24, 2.45) is 0 Å². The highest BCUT2D eigenvalue weighted by Gasteiger charge is 2.44. The van der Waals surface area contributed by atoms with E-state index < -0.39 is 17.8 Å². The monoisotopic (exact) mass is 404 g/mol. The fourth-order valence-corrected chi connectivity index (χ4v) is 3.90. The van der Waals surface area contributed by atoms with E-state index in [1.165, 1.54) is 17.0 Å². The zero-order valence-corrected chi connectivity index (χ0v) is 16.3. The Morgan fingerprint density at radius 3 is 2.53 bits per heavy atom. The molecule has 1 amide bonds. The molecule has 0 saturated carbocycles. The molecule has 0 saturated heterocycles. The second kappa shape index (κ2) is 6.66. The predicted molar refractivity (Wildman–Crippen MR) is 108 cm³/mol. The number of hydrogen-bond acceptors (Lipinski definition) is 5. The number of carbonyl (C=O) groups is 1. The number of nitrogens with zero attached hydrogens (tertiary/aromatic N) is 2. The van der Waals surface area contributed by atoms with E-state index >= 15 is 0 Å². The molecular formula is C23H17FN2O4. The quantitative estimate of drug-likeness (QED) is 0.501. The smallest absolute Gasteiger partial charge is 0.296 e. The molecule has 0 unspecified atom stereocenters. The number of halogens is 1. The average Bonchev–Trinajstić information content (AvgIpc) is 3.30. The zero-order chi connectivity index (χ0) is 21.0. The molecule has 1 atom stereocenters. The molecular weight excluding hydrogens is 387 g/mol. The summed E-state index contributed by atoms with van der Waals surface area (Å²) in [5.41, 5.74) is 1.84. The predicted octanol–water partition coefficient (Wildman–Crippen LogP) is 4.54. The summed E-state index contributed by atoms with van der Waals surface area (Å²) in [6, 6.07) is 11.9. The van der Waals surface area contributed by atoms with E-state index in [1.807, 2.05) is 13.0 Å². The molecule has 0 fully saturated rings. The van der Waals surface area contributed by atoms with Gasteiger partial charge in [0.25, 0.3) is 5.91 Å². The van der Waals surface area contributed by atoms with E-state index in [-0.39, 0.29) is 22.6 Å². The van der Waals surface area contributed by atoms with E-state index in [0.717, 1.165) is 12.0 Å². The van der Waals surface area contributed by atoms with Crippen molar-refractivity contribution in [3.63, 3.8) is 0 Å². The second-order valence-electron chi connectivity index (χ2n) is 7.28. The summed E-state index contributed by atoms with van der Waals surface area (Å²) in [6.07, 6.45) is 0.761. The van der Waals surface area contributed by atoms with Crippen LogP contribution in [0.3, 0.4) is 0 Å². The highest BCUT2D eigenvalue weighted by Crippen LogP contribution is 2.41. The Kier molecular flexibility index (Phi) is 4.06. The van der Waals surface area contributed by atoms with Crippen molar-refractivity contribution in [1.29, 1.82) is 0 Å². The van der Waals surface area contributed by atoms with Crippen LogP contribution in [0.25, 0.3) is 11.0 Å². The molecule has 30 heavy (non-hydrogen) atoms. The first-order chi connectivity index (χ1) is 14.5. The van der Waals surface area contributed by atoms with Crippen LogP contribution in [0.2, 0.25) is 0 Å². The zero-order valence-electron chi connectivity index (χ0n) is 16.3. The number of anilines is 1. The first kappa shape index (κ1) is 18.3. The summed E-state index contributed by atoms with van der Waals surface area (Å²) in [7, 11) is 0. The van der Waals surface area contributed by atoms with Gasteiger partial charge in [0.2, 0.25) is 5.76 Å². The average molecular weight is 404 g/mol. The highest BCUT2D eigenvalue weighted by atomic mass is 19.1. The number of hydrogen-bond donors (Lipinski definition) is 0. The third-order valence-electron chi connectivity index (χ3n) is 5.39. The third-order valence-corrected chi connectivity index (χ3v) is 5.39. The number of rotatable bonds is 3. The van der Waals surface area contributed by atoms with Crippen LogP contribution in [-0.2, 0) is 6.42 Å². The lowest BCUT2D eigenvalue weighted by Crippen LogP contribution is -2.29. The standard InChI is InChI=1S/C23H17FN2O4/c1-3-13-4-9-17-16(11-13)21(27)19-20(14-5-7-15(24)8-6-14)26(23(28)22(19)29-17)18-10-12(2)30-25-18/h4-11,20H,3H2,1-2H3/t20-/m1/s1. The van der Waals surface area contributed by atoms with Gasteiger partial charge < -0.3 is 8.94 Å². The number of fused-ring (bicyclic) bond motifs is 2. The summed E-state index contributed by atoms with van der Waals surface area (Å²) in [4.78, 5) is 28.2. The molecule has 0 aliphatic carbocycles. The molecule has 5 rings (SSSR count). The molecule has 4 aromatic rings. The number of aromatic nitrogens is 1. The van der Waals surface area contributed by atoms with Crippen LogP contribution in [0.15, 0.2) is 62.3 Å². The summed E-state index contributed by atoms with van der Waals surface area (Å²) in [5, 5.41) is 4.37. The number of benzene rings is 2. The van der Waals surface area contributed by atoms with Crippen LogP contribution in [0.4, 0.5) is 10.2 Å². The molecule has 6 nitrogen and oxygen atoms in total. The van der Waals surface area contributed by atoms with Crippen LogP contribution in [0, 0.1) is 12.7 Å². The maximum absolute atomic E-state index is 13.6. The Hall–Kier alpha value is -3.74. The second-order valence-corrected chi connectivity index (χ2v) is 7.28. The molecule has 0 bridgehead atoms. The number of amides is 1. The van der Waals surface area contributed by atoms with Gasteiger partial charge >= 0.3 is 0 Å². The Labute approximate surface area is 170 Å². The van der Waals surface area contributed by atoms with Crippen LogP contribution in [0.5, 0.6) is 0 Å². The van der Waals surface area contributed by atoms with Gasteiger partial charge in [0.1, 0.15) is 17.2 Å². The lowest BCUT2D eigenvalue weighted by molar-refractivity contribution is 0.0969. The van der Waals surface area contributed by atoms with Gasteiger partial charge in [-0.15, -0.1) is 0 Å². The van der Waals surface area contributed by atoms with Crippen molar-refractivity contribution >= 4 is 22.7 Å². The summed E-state index contributed by atoms with van der Waals surface area (Å²) >= 11 is 0. The molecule has 1 aliphatic rings. The molecule has 0 N–H and O–H groups in total. The fraction of sp³-hybridized carbons (Fsp3) is 0.174. The van der Waals surface area contributed by atoms with Crippen LogP contribution in [-0.4, -0.2) is 11.1 Å². The Balaban J connectivity index is 1.81. The molecule has 0 radical (unpaired) electrons. The minimum absolute atomic E-state index is 0.0354. The normalized spacial score (nSPS) is 15.8. The summed E-state index contributed by atoms with van der Waals surface area (Å²) < 4.78 is 24.6. The van der Waals surface area contributed by atoms with E-state index in [0.29, 0.717) is 22.3 Å². The van der Waals surface area contributed by atoms with Gasteiger partial charge in [-0.2, -0.15) is 0 Å². The minimum atomic E-state index is -0.802. The third kappa shape index (κ3) is 2.66. The van der Waals surface area contributed by atoms with Crippen molar-refractivity contribution in [2.75, 3.05) is 4.90 Å². The van der Waals surface area contributed by atoms with Gasteiger partial charge in [0.15, 0.2) is 11.2 Å². The first-order valence-corrected chi connectivity index (χ1v) is 9.60. The van der Waals surface area contributed by atoms with Gasteiger partial charge in [0, 0.05) is 6.07 Å². The van der Waals surface area contributed by atoms with Crippen molar-refractivity contribution in [1.82, 2.24) is 5.16 Å². The van der Waals surface area contributed by atoms with E-state index in [9.17, 15) is 14.0 Å². The van der Waals surface area contributed by atoms with Crippen LogP contribution in [0.1, 0.15) is 46.0 Å². The molecule has 0 spiro atoms. The van der Waals surface area contributed by atoms with Crippen molar-refractivity contribution < 1.29 is 18.1 Å². The Morgan fingerprint density at radius 2 is 1.87 bits per heavy atom. The van der Waals surface area contributed by atoms with Gasteiger partial charge in [0.05, 0.1) is 17.0 Å². The molecule has 150 valence electrons. The Morgan fingerprint density at radius 1 is 1.10 bits per heavy atom. The molecule has 1 aliphatic heterocycles. The largest absolute Gasteiger partial charge is 0.450 e. The van der Waals surface area contributed by atoms with Crippen molar-refractivity contribution in [2.45, 2.75) is 26.3 Å². The van der Waals surface area contributed by atoms with Crippen molar-refractivity contribution in [3.05, 3.63) is 92.8 Å². The van der Waals surface area contributed by atoms with Crippen molar-refractivity contribution in [3.8, 4) is 0 Å². The van der Waals surface area contributed by atoms with E-state index in [1.54, 1.807) is 37.3 Å². The van der Waals surface area contributed by atoms with Gasteiger partial charge in [-0.25, -0.2) is 4.39 Å². The molecule has 2 aromatic heterocycles. The van der Waals surface area contributed by atoms with Gasteiger partial charge in [-0.05, 0) is 48.7 Å². The lowest BCUT2D eigenvalue weighted by Gasteiger charge is -2.22. The maximum Gasteiger partial charge on any atom is 0.296 e. The highest BCUT2D eigenvalue weighted by molar-refractivity contribution is 6.10. The van der Waals surface area contributed by atoms with Gasteiger partial charge in [-0.3, -0.25) is 14.5 Å². The maximum atomic E-state index is 13.6. The Bertz CT molecular complexity index is 1350. The van der Waals surface area contributed by atoms with E-state index in [4.69, 9.17) is 8.94 Å². The fourth-order valence-electron chi connectivity index (χ4n) is 3.90. The lowest BCUT2D eigenvalue weighted by atomic mass is 9.98. The molecule has 7 heteroatoms. The first-order valence-electron chi connectivity index (χ1n) is 9.60. The number of carbonyl (C=O) groups excluding carboxylic acids is 1. The van der Waals surface area contributed by atoms with Gasteiger partial charge in [-0.1, -0.05) is 30.3 Å². The SMILES string of the molecule is CCc1ccc2oc3c(c(=O)c2c1)[C@@H](c1ccc(F)cc1)N(c1cc(C)on1)C3=O. The minimum Gasteiger partial charge on any atom is -0.450 e. The number of aryl methyl sites for hydroxylation is 2. The van der Waals surface area contributed by atoms with Crippen LogP contribution < -0.4 is 10.3 Å². The molecule has 3 heterocycles. The van der Waals surface area contributed by atoms with E-state index in [2.05, 4.69) is 5.16 Å². The topological polar surface area (TPSA) is 76.6 Å².